The van der Waals surface area contributed by atoms with Crippen LogP contribution in [0.4, 0.5) is 23.1 Å². The van der Waals surface area contributed by atoms with Crippen LogP contribution in [0.25, 0.3) is 0 Å². The van der Waals surface area contributed by atoms with E-state index in [4.69, 9.17) is 4.42 Å². The van der Waals surface area contributed by atoms with Gasteiger partial charge in [0.05, 0.1) is 19.0 Å². The highest BCUT2D eigenvalue weighted by Crippen LogP contribution is 2.19. The van der Waals surface area contributed by atoms with Gasteiger partial charge in [-0.05, 0) is 30.3 Å². The minimum atomic E-state index is -0.125. The zero-order valence-corrected chi connectivity index (χ0v) is 13.0. The molecule has 0 atom stereocenters. The zero-order valence-electron chi connectivity index (χ0n) is 13.0. The first-order valence-corrected chi connectivity index (χ1v) is 7.30. The summed E-state index contributed by atoms with van der Waals surface area (Å²) in [5.41, 5.74) is 1.48. The maximum Gasteiger partial charge on any atom is 0.245 e. The van der Waals surface area contributed by atoms with Crippen molar-refractivity contribution < 1.29 is 9.21 Å². The number of carbonyl (C=O) groups is 1. The molecule has 0 fully saturated rings. The summed E-state index contributed by atoms with van der Waals surface area (Å²) in [6.45, 7) is 1.93. The number of anilines is 4. The second kappa shape index (κ2) is 7.23. The predicted molar refractivity (Wildman–Crippen MR) is 89.9 cm³/mol. The number of hydrogen-bond donors (Lipinski definition) is 3. The Morgan fingerprint density at radius 3 is 2.88 bits per heavy atom. The Bertz CT molecular complexity index is 819. The molecule has 0 saturated heterocycles. The number of aromatic nitrogens is 3. The van der Waals surface area contributed by atoms with Gasteiger partial charge in [-0.15, -0.1) is 5.10 Å². The van der Waals surface area contributed by atoms with E-state index in [0.29, 0.717) is 24.0 Å². The summed E-state index contributed by atoms with van der Waals surface area (Å²) in [6, 6.07) is 11.0. The van der Waals surface area contributed by atoms with Crippen LogP contribution < -0.4 is 16.0 Å². The molecular weight excluding hydrogens is 308 g/mol. The summed E-state index contributed by atoms with van der Waals surface area (Å²) in [7, 11) is 0. The maximum atomic E-state index is 11.1. The van der Waals surface area contributed by atoms with Crippen molar-refractivity contribution in [3.8, 4) is 0 Å². The van der Waals surface area contributed by atoms with Crippen molar-refractivity contribution >= 4 is 29.0 Å². The highest BCUT2D eigenvalue weighted by molar-refractivity contribution is 5.89. The second-order valence-corrected chi connectivity index (χ2v) is 4.99. The summed E-state index contributed by atoms with van der Waals surface area (Å²) >= 11 is 0. The van der Waals surface area contributed by atoms with Gasteiger partial charge in [0.25, 0.3) is 0 Å². The molecule has 2 heterocycles. The van der Waals surface area contributed by atoms with Gasteiger partial charge in [0.15, 0.2) is 5.82 Å². The molecule has 0 unspecified atom stereocenters. The van der Waals surface area contributed by atoms with E-state index in [0.717, 1.165) is 11.4 Å². The SMILES string of the molecule is CC(=O)Nc1cccc(Nc2cnnc(NCc3ccco3)n2)c1. The van der Waals surface area contributed by atoms with Crippen LogP contribution in [0.3, 0.4) is 0 Å². The lowest BCUT2D eigenvalue weighted by Crippen LogP contribution is -2.07. The van der Waals surface area contributed by atoms with Crippen LogP contribution >= 0.6 is 0 Å². The molecule has 3 rings (SSSR count). The van der Waals surface area contributed by atoms with Crippen LogP contribution in [0.1, 0.15) is 12.7 Å². The van der Waals surface area contributed by atoms with Crippen molar-refractivity contribution in [2.75, 3.05) is 16.0 Å². The number of carbonyl (C=O) groups excluding carboxylic acids is 1. The summed E-state index contributed by atoms with van der Waals surface area (Å²) in [6.07, 6.45) is 3.12. The molecule has 2 aromatic heterocycles. The molecule has 8 heteroatoms. The molecule has 0 bridgehead atoms. The van der Waals surface area contributed by atoms with Crippen molar-refractivity contribution in [2.24, 2.45) is 0 Å². The molecular formula is C16H16N6O2. The third-order valence-corrected chi connectivity index (χ3v) is 3.02. The van der Waals surface area contributed by atoms with E-state index in [1.54, 1.807) is 18.4 Å². The smallest absolute Gasteiger partial charge is 0.245 e. The topological polar surface area (TPSA) is 105 Å². The molecule has 0 aliphatic rings. The second-order valence-electron chi connectivity index (χ2n) is 4.99. The monoisotopic (exact) mass is 324 g/mol. The van der Waals surface area contributed by atoms with Crippen LogP contribution in [0.5, 0.6) is 0 Å². The summed E-state index contributed by atoms with van der Waals surface area (Å²) in [5, 5.41) is 16.7. The lowest BCUT2D eigenvalue weighted by molar-refractivity contribution is -0.114. The van der Waals surface area contributed by atoms with Crippen molar-refractivity contribution in [2.45, 2.75) is 13.5 Å². The van der Waals surface area contributed by atoms with E-state index in [9.17, 15) is 4.79 Å². The van der Waals surface area contributed by atoms with Crippen molar-refractivity contribution in [1.29, 1.82) is 0 Å². The maximum absolute atomic E-state index is 11.1. The van der Waals surface area contributed by atoms with Gasteiger partial charge in [0.2, 0.25) is 11.9 Å². The first kappa shape index (κ1) is 15.5. The van der Waals surface area contributed by atoms with E-state index < -0.39 is 0 Å². The molecule has 3 N–H and O–H groups in total. The van der Waals surface area contributed by atoms with Crippen molar-refractivity contribution in [3.63, 3.8) is 0 Å². The Kier molecular flexibility index (Phi) is 4.66. The normalized spacial score (nSPS) is 10.2. The molecule has 1 amide bonds. The molecule has 122 valence electrons. The quantitative estimate of drug-likeness (QED) is 0.640. The van der Waals surface area contributed by atoms with Gasteiger partial charge in [-0.1, -0.05) is 6.07 Å². The van der Waals surface area contributed by atoms with E-state index in [-0.39, 0.29) is 5.91 Å². The van der Waals surface area contributed by atoms with E-state index in [1.807, 2.05) is 24.3 Å². The zero-order chi connectivity index (χ0) is 16.8. The predicted octanol–water partition coefficient (Wildman–Crippen LogP) is 2.78. The molecule has 0 saturated carbocycles. The van der Waals surface area contributed by atoms with Crippen LogP contribution in [0.2, 0.25) is 0 Å². The van der Waals surface area contributed by atoms with Gasteiger partial charge in [-0.2, -0.15) is 10.1 Å². The molecule has 8 nitrogen and oxygen atoms in total. The fourth-order valence-corrected chi connectivity index (χ4v) is 2.04. The summed E-state index contributed by atoms with van der Waals surface area (Å²) < 4.78 is 5.24. The number of amides is 1. The Morgan fingerprint density at radius 1 is 1.21 bits per heavy atom. The Balaban J connectivity index is 1.67. The Hall–Kier alpha value is -3.42. The van der Waals surface area contributed by atoms with Gasteiger partial charge in [-0.3, -0.25) is 4.79 Å². The van der Waals surface area contributed by atoms with Crippen LogP contribution in [0, 0.1) is 0 Å². The molecule has 3 aromatic rings. The number of benzene rings is 1. The molecule has 0 aliphatic carbocycles. The Labute approximate surface area is 138 Å². The Morgan fingerprint density at radius 2 is 2.08 bits per heavy atom. The average Bonchev–Trinajstić information content (AvgIpc) is 3.06. The molecule has 0 spiro atoms. The molecule has 24 heavy (non-hydrogen) atoms. The van der Waals surface area contributed by atoms with Gasteiger partial charge < -0.3 is 20.4 Å². The number of rotatable bonds is 6. The van der Waals surface area contributed by atoms with E-state index >= 15 is 0 Å². The van der Waals surface area contributed by atoms with Gasteiger partial charge in [0, 0.05) is 18.3 Å². The molecule has 0 radical (unpaired) electrons. The highest BCUT2D eigenvalue weighted by Gasteiger charge is 2.03. The average molecular weight is 324 g/mol. The molecule has 1 aromatic carbocycles. The highest BCUT2D eigenvalue weighted by atomic mass is 16.3. The van der Waals surface area contributed by atoms with Crippen LogP contribution in [0.15, 0.2) is 53.3 Å². The number of furan rings is 1. The minimum Gasteiger partial charge on any atom is -0.467 e. The first-order valence-electron chi connectivity index (χ1n) is 7.30. The lowest BCUT2D eigenvalue weighted by atomic mass is 10.2. The third-order valence-electron chi connectivity index (χ3n) is 3.02. The van der Waals surface area contributed by atoms with E-state index in [2.05, 4.69) is 31.1 Å². The fraction of sp³-hybridized carbons (Fsp3) is 0.125. The van der Waals surface area contributed by atoms with Crippen LogP contribution in [-0.4, -0.2) is 21.1 Å². The number of nitrogens with one attached hydrogen (secondary N) is 3. The lowest BCUT2D eigenvalue weighted by Gasteiger charge is -2.09. The third kappa shape index (κ3) is 4.29. The largest absolute Gasteiger partial charge is 0.467 e. The van der Waals surface area contributed by atoms with Crippen molar-refractivity contribution in [1.82, 2.24) is 15.2 Å². The first-order chi connectivity index (χ1) is 11.7. The summed E-state index contributed by atoms with van der Waals surface area (Å²) in [4.78, 5) is 15.5. The van der Waals surface area contributed by atoms with Gasteiger partial charge in [0.1, 0.15) is 5.76 Å². The molecule has 0 aliphatic heterocycles. The minimum absolute atomic E-state index is 0.125. The van der Waals surface area contributed by atoms with Gasteiger partial charge >= 0.3 is 0 Å². The summed E-state index contributed by atoms with van der Waals surface area (Å²) in [5.74, 6) is 1.57. The van der Waals surface area contributed by atoms with E-state index in [1.165, 1.54) is 13.1 Å². The van der Waals surface area contributed by atoms with Crippen molar-refractivity contribution in [3.05, 3.63) is 54.6 Å². The number of hydrogen-bond acceptors (Lipinski definition) is 7. The standard InChI is InChI=1S/C16H16N6O2/c1-11(23)19-12-4-2-5-13(8-12)20-15-10-18-22-16(21-15)17-9-14-6-3-7-24-14/h2-8,10H,9H2,1H3,(H,19,23)(H2,17,20,21,22). The van der Waals surface area contributed by atoms with Gasteiger partial charge in [-0.25, -0.2) is 0 Å². The fourth-order valence-electron chi connectivity index (χ4n) is 2.04. The number of nitrogens with zero attached hydrogens (tertiary/aromatic N) is 3. The van der Waals surface area contributed by atoms with Crippen LogP contribution in [-0.2, 0) is 11.3 Å².